The maximum atomic E-state index is 4.64. The molecule has 3 heteroatoms. The summed E-state index contributed by atoms with van der Waals surface area (Å²) in [6.45, 7) is 5.22. The zero-order valence-corrected chi connectivity index (χ0v) is 11.6. The number of aryl methyl sites for hydroxylation is 1. The van der Waals surface area contributed by atoms with Gasteiger partial charge in [0, 0.05) is 18.1 Å². The molecule has 1 N–H and O–H groups in total. The van der Waals surface area contributed by atoms with Gasteiger partial charge in [0.1, 0.15) is 0 Å². The normalized spacial score (nSPS) is 12.3. The van der Waals surface area contributed by atoms with Crippen LogP contribution < -0.4 is 5.32 Å². The Morgan fingerprint density at radius 3 is 2.63 bits per heavy atom. The second-order valence-electron chi connectivity index (χ2n) is 4.77. The van der Waals surface area contributed by atoms with Crippen LogP contribution in [0.4, 0.5) is 0 Å². The van der Waals surface area contributed by atoms with Crippen molar-refractivity contribution in [1.29, 1.82) is 0 Å². The summed E-state index contributed by atoms with van der Waals surface area (Å²) in [5.41, 5.74) is 3.47. The number of nitrogens with one attached hydrogen (secondary N) is 1. The quantitative estimate of drug-likeness (QED) is 0.862. The Morgan fingerprint density at radius 1 is 1.16 bits per heavy atom. The lowest BCUT2D eigenvalue weighted by atomic mass is 10.0. The maximum absolute atomic E-state index is 4.64. The van der Waals surface area contributed by atoms with Crippen LogP contribution in [0, 0.1) is 6.92 Å². The predicted molar refractivity (Wildman–Crippen MR) is 77.9 cm³/mol. The minimum absolute atomic E-state index is 0.266. The minimum atomic E-state index is 0.266. The van der Waals surface area contributed by atoms with Crippen molar-refractivity contribution < 1.29 is 0 Å². The molecular weight excluding hydrogens is 234 g/mol. The first-order valence-corrected chi connectivity index (χ1v) is 6.85. The van der Waals surface area contributed by atoms with Crippen molar-refractivity contribution in [3.05, 3.63) is 59.7 Å². The van der Waals surface area contributed by atoms with Crippen LogP contribution in [0.5, 0.6) is 0 Å². The number of pyridine rings is 2. The molecule has 0 bridgehead atoms. The summed E-state index contributed by atoms with van der Waals surface area (Å²) in [4.78, 5) is 8.71. The van der Waals surface area contributed by atoms with Gasteiger partial charge in [0.05, 0.1) is 11.7 Å². The third kappa shape index (κ3) is 4.14. The molecule has 0 aliphatic rings. The summed E-state index contributed by atoms with van der Waals surface area (Å²) in [6, 6.07) is 10.6. The van der Waals surface area contributed by atoms with Gasteiger partial charge in [0.25, 0.3) is 0 Å². The summed E-state index contributed by atoms with van der Waals surface area (Å²) in [6.07, 6.45) is 5.75. The van der Waals surface area contributed by atoms with Crippen molar-refractivity contribution in [2.45, 2.75) is 32.7 Å². The van der Waals surface area contributed by atoms with Gasteiger partial charge in [-0.2, -0.15) is 0 Å². The Bertz CT molecular complexity index is 496. The van der Waals surface area contributed by atoms with Crippen LogP contribution in [0.1, 0.15) is 36.3 Å². The summed E-state index contributed by atoms with van der Waals surface area (Å²) in [5.74, 6) is 0. The second kappa shape index (κ2) is 7.00. The monoisotopic (exact) mass is 255 g/mol. The molecule has 1 unspecified atom stereocenters. The first-order valence-electron chi connectivity index (χ1n) is 6.85. The van der Waals surface area contributed by atoms with E-state index in [1.54, 1.807) is 0 Å². The number of rotatable bonds is 6. The molecule has 0 amide bonds. The van der Waals surface area contributed by atoms with Gasteiger partial charge in [0.15, 0.2) is 0 Å². The van der Waals surface area contributed by atoms with Gasteiger partial charge in [-0.05, 0) is 56.1 Å². The summed E-state index contributed by atoms with van der Waals surface area (Å²) < 4.78 is 0. The SMILES string of the molecule is CCCNC(Cc1ccncc1)c1cccc(C)n1. The lowest BCUT2D eigenvalue weighted by Gasteiger charge is -2.18. The van der Waals surface area contributed by atoms with Crippen LogP contribution in [0.3, 0.4) is 0 Å². The average Bonchev–Trinajstić information content (AvgIpc) is 2.44. The Labute approximate surface area is 115 Å². The minimum Gasteiger partial charge on any atom is -0.308 e. The largest absolute Gasteiger partial charge is 0.308 e. The van der Waals surface area contributed by atoms with Crippen LogP contribution in [0.15, 0.2) is 42.7 Å². The van der Waals surface area contributed by atoms with Gasteiger partial charge in [-0.3, -0.25) is 9.97 Å². The van der Waals surface area contributed by atoms with E-state index < -0.39 is 0 Å². The van der Waals surface area contributed by atoms with E-state index in [-0.39, 0.29) is 6.04 Å². The predicted octanol–water partition coefficient (Wildman–Crippen LogP) is 3.07. The molecule has 3 nitrogen and oxygen atoms in total. The summed E-state index contributed by atoms with van der Waals surface area (Å²) >= 11 is 0. The van der Waals surface area contributed by atoms with E-state index in [1.165, 1.54) is 5.56 Å². The van der Waals surface area contributed by atoms with Crippen LogP contribution in [0.25, 0.3) is 0 Å². The molecule has 2 heterocycles. The van der Waals surface area contributed by atoms with E-state index in [2.05, 4.69) is 46.5 Å². The third-order valence-corrected chi connectivity index (χ3v) is 3.10. The zero-order valence-electron chi connectivity index (χ0n) is 11.6. The fourth-order valence-electron chi connectivity index (χ4n) is 2.11. The van der Waals surface area contributed by atoms with Crippen LogP contribution in [0.2, 0.25) is 0 Å². The first-order chi connectivity index (χ1) is 9.29. The fourth-order valence-corrected chi connectivity index (χ4v) is 2.11. The average molecular weight is 255 g/mol. The highest BCUT2D eigenvalue weighted by Gasteiger charge is 2.12. The Kier molecular flexibility index (Phi) is 5.04. The third-order valence-electron chi connectivity index (χ3n) is 3.10. The van der Waals surface area contributed by atoms with Crippen molar-refractivity contribution in [2.75, 3.05) is 6.54 Å². The zero-order chi connectivity index (χ0) is 13.5. The van der Waals surface area contributed by atoms with Crippen LogP contribution in [-0.2, 0) is 6.42 Å². The Morgan fingerprint density at radius 2 is 1.95 bits per heavy atom. The number of nitrogens with zero attached hydrogens (tertiary/aromatic N) is 2. The van der Waals surface area contributed by atoms with Crippen LogP contribution >= 0.6 is 0 Å². The number of aromatic nitrogens is 2. The van der Waals surface area contributed by atoms with E-state index in [1.807, 2.05) is 25.4 Å². The number of hydrogen-bond donors (Lipinski definition) is 1. The van der Waals surface area contributed by atoms with Crippen molar-refractivity contribution in [2.24, 2.45) is 0 Å². The van der Waals surface area contributed by atoms with E-state index in [4.69, 9.17) is 0 Å². The smallest absolute Gasteiger partial charge is 0.0579 e. The second-order valence-corrected chi connectivity index (χ2v) is 4.77. The molecule has 0 aliphatic heterocycles. The van der Waals surface area contributed by atoms with E-state index in [9.17, 15) is 0 Å². The molecule has 0 radical (unpaired) electrons. The summed E-state index contributed by atoms with van der Waals surface area (Å²) in [5, 5.41) is 3.58. The van der Waals surface area contributed by atoms with Gasteiger partial charge in [-0.1, -0.05) is 13.0 Å². The van der Waals surface area contributed by atoms with Gasteiger partial charge >= 0.3 is 0 Å². The molecule has 0 aliphatic carbocycles. The van der Waals surface area contributed by atoms with Crippen molar-refractivity contribution >= 4 is 0 Å². The lowest BCUT2D eigenvalue weighted by Crippen LogP contribution is -2.25. The standard InChI is InChI=1S/C16H21N3/c1-3-9-18-16(12-14-7-10-17-11-8-14)15-6-4-5-13(2)19-15/h4-8,10-11,16,18H,3,9,12H2,1-2H3. The fraction of sp³-hybridized carbons (Fsp3) is 0.375. The molecule has 2 rings (SSSR count). The number of hydrogen-bond acceptors (Lipinski definition) is 3. The molecule has 1 atom stereocenters. The molecule has 0 spiro atoms. The topological polar surface area (TPSA) is 37.8 Å². The maximum Gasteiger partial charge on any atom is 0.0579 e. The molecular formula is C16H21N3. The lowest BCUT2D eigenvalue weighted by molar-refractivity contribution is 0.517. The van der Waals surface area contributed by atoms with Gasteiger partial charge in [0.2, 0.25) is 0 Å². The van der Waals surface area contributed by atoms with E-state index >= 15 is 0 Å². The Balaban J connectivity index is 2.16. The molecule has 0 fully saturated rings. The molecule has 0 saturated carbocycles. The molecule has 2 aromatic rings. The molecule has 2 aromatic heterocycles. The highest BCUT2D eigenvalue weighted by atomic mass is 14.9. The molecule has 0 aromatic carbocycles. The van der Waals surface area contributed by atoms with Gasteiger partial charge in [-0.15, -0.1) is 0 Å². The van der Waals surface area contributed by atoms with E-state index in [0.717, 1.165) is 30.8 Å². The highest BCUT2D eigenvalue weighted by molar-refractivity contribution is 5.18. The summed E-state index contributed by atoms with van der Waals surface area (Å²) in [7, 11) is 0. The van der Waals surface area contributed by atoms with Crippen molar-refractivity contribution in [3.63, 3.8) is 0 Å². The van der Waals surface area contributed by atoms with Crippen LogP contribution in [-0.4, -0.2) is 16.5 Å². The van der Waals surface area contributed by atoms with Gasteiger partial charge in [-0.25, -0.2) is 0 Å². The molecule has 19 heavy (non-hydrogen) atoms. The van der Waals surface area contributed by atoms with E-state index in [0.29, 0.717) is 0 Å². The Hall–Kier alpha value is -1.74. The highest BCUT2D eigenvalue weighted by Crippen LogP contribution is 2.16. The van der Waals surface area contributed by atoms with Crippen molar-refractivity contribution in [1.82, 2.24) is 15.3 Å². The first kappa shape index (κ1) is 13.7. The molecule has 100 valence electrons. The van der Waals surface area contributed by atoms with Crippen molar-refractivity contribution in [3.8, 4) is 0 Å². The van der Waals surface area contributed by atoms with Gasteiger partial charge < -0.3 is 5.32 Å². The molecule has 0 saturated heterocycles.